The van der Waals surface area contributed by atoms with Crippen LogP contribution in [0.2, 0.25) is 0 Å². The lowest BCUT2D eigenvalue weighted by molar-refractivity contribution is -0.384. The number of para-hydroxylation sites is 1. The average molecular weight is 335 g/mol. The van der Waals surface area contributed by atoms with Crippen molar-refractivity contribution < 1.29 is 4.92 Å². The molecule has 0 aliphatic carbocycles. The zero-order valence-corrected chi connectivity index (χ0v) is 12.9. The monoisotopic (exact) mass is 334 g/mol. The summed E-state index contributed by atoms with van der Waals surface area (Å²) in [7, 11) is 0. The molecule has 0 aromatic heterocycles. The van der Waals surface area contributed by atoms with Gasteiger partial charge in [0.25, 0.3) is 5.69 Å². The maximum Gasteiger partial charge on any atom is 0.270 e. The van der Waals surface area contributed by atoms with E-state index in [4.69, 9.17) is 0 Å². The zero-order chi connectivity index (χ0) is 14.7. The second kappa shape index (κ2) is 6.05. The van der Waals surface area contributed by atoms with Gasteiger partial charge in [0.05, 0.1) is 4.92 Å². The molecule has 1 N–H and O–H groups in total. The molecule has 20 heavy (non-hydrogen) atoms. The number of rotatable bonds is 4. The molecular weight excluding hydrogens is 320 g/mol. The molecule has 0 amide bonds. The van der Waals surface area contributed by atoms with Crippen LogP contribution < -0.4 is 5.32 Å². The fraction of sp³-hybridized carbons (Fsp3) is 0.200. The number of anilines is 1. The minimum absolute atomic E-state index is 0.0905. The first-order valence-electron chi connectivity index (χ1n) is 6.22. The van der Waals surface area contributed by atoms with Crippen molar-refractivity contribution in [1.29, 1.82) is 0 Å². The van der Waals surface area contributed by atoms with Gasteiger partial charge >= 0.3 is 0 Å². The van der Waals surface area contributed by atoms with E-state index in [1.165, 1.54) is 23.3 Å². The van der Waals surface area contributed by atoms with Gasteiger partial charge in [-0.05, 0) is 36.6 Å². The van der Waals surface area contributed by atoms with Crippen molar-refractivity contribution in [3.05, 3.63) is 67.7 Å². The number of hydrogen-bond donors (Lipinski definition) is 1. The van der Waals surface area contributed by atoms with Crippen molar-refractivity contribution in [3.63, 3.8) is 0 Å². The van der Waals surface area contributed by atoms with Crippen LogP contribution >= 0.6 is 15.9 Å². The second-order valence-electron chi connectivity index (χ2n) is 4.65. The van der Waals surface area contributed by atoms with Crippen LogP contribution in [0.1, 0.15) is 16.7 Å². The molecule has 5 heteroatoms. The van der Waals surface area contributed by atoms with Crippen molar-refractivity contribution in [2.45, 2.75) is 20.4 Å². The lowest BCUT2D eigenvalue weighted by Crippen LogP contribution is -2.03. The van der Waals surface area contributed by atoms with Crippen molar-refractivity contribution in [1.82, 2.24) is 0 Å². The largest absolute Gasteiger partial charge is 0.380 e. The first-order chi connectivity index (χ1) is 9.49. The third kappa shape index (κ3) is 3.17. The summed E-state index contributed by atoms with van der Waals surface area (Å²) in [4.78, 5) is 10.3. The van der Waals surface area contributed by atoms with E-state index in [9.17, 15) is 10.1 Å². The molecule has 0 radical (unpaired) electrons. The highest BCUT2D eigenvalue weighted by molar-refractivity contribution is 9.10. The maximum absolute atomic E-state index is 10.7. The van der Waals surface area contributed by atoms with E-state index in [0.717, 1.165) is 15.7 Å². The Morgan fingerprint density at radius 1 is 1.20 bits per heavy atom. The number of nitro groups is 1. The number of non-ortho nitro benzene ring substituents is 1. The van der Waals surface area contributed by atoms with Crippen molar-refractivity contribution in [3.8, 4) is 0 Å². The molecule has 0 unspecified atom stereocenters. The van der Waals surface area contributed by atoms with E-state index < -0.39 is 4.92 Å². The van der Waals surface area contributed by atoms with Gasteiger partial charge in [0.2, 0.25) is 0 Å². The van der Waals surface area contributed by atoms with Gasteiger partial charge in [0, 0.05) is 28.8 Å². The number of hydrogen-bond acceptors (Lipinski definition) is 3. The van der Waals surface area contributed by atoms with Gasteiger partial charge in [-0.15, -0.1) is 0 Å². The molecule has 2 aromatic carbocycles. The number of halogens is 1. The van der Waals surface area contributed by atoms with Gasteiger partial charge in [0.1, 0.15) is 0 Å². The molecule has 0 aliphatic rings. The summed E-state index contributed by atoms with van der Waals surface area (Å²) in [5.74, 6) is 0. The van der Waals surface area contributed by atoms with Gasteiger partial charge in [-0.3, -0.25) is 10.1 Å². The highest BCUT2D eigenvalue weighted by Crippen LogP contribution is 2.25. The highest BCUT2D eigenvalue weighted by Gasteiger charge is 2.09. The first-order valence-corrected chi connectivity index (χ1v) is 7.01. The molecule has 0 aliphatic heterocycles. The van der Waals surface area contributed by atoms with Gasteiger partial charge in [-0.2, -0.15) is 0 Å². The Morgan fingerprint density at radius 2 is 1.85 bits per heavy atom. The smallest absolute Gasteiger partial charge is 0.270 e. The molecule has 0 fully saturated rings. The Morgan fingerprint density at radius 3 is 2.40 bits per heavy atom. The second-order valence-corrected chi connectivity index (χ2v) is 5.51. The van der Waals surface area contributed by atoms with Crippen LogP contribution in [0.5, 0.6) is 0 Å². The minimum atomic E-state index is -0.395. The number of nitro benzene ring substituents is 1. The zero-order valence-electron chi connectivity index (χ0n) is 11.3. The summed E-state index contributed by atoms with van der Waals surface area (Å²) >= 11 is 3.38. The SMILES string of the molecule is Cc1cccc(C)c1NCc1ccc([N+](=O)[O-])cc1Br. The van der Waals surface area contributed by atoms with Crippen LogP contribution in [0.15, 0.2) is 40.9 Å². The Kier molecular flexibility index (Phi) is 4.39. The lowest BCUT2D eigenvalue weighted by atomic mass is 10.1. The normalized spacial score (nSPS) is 10.3. The molecule has 2 rings (SSSR count). The standard InChI is InChI=1S/C15H15BrN2O2/c1-10-4-3-5-11(2)15(10)17-9-12-6-7-13(18(19)20)8-14(12)16/h3-8,17H,9H2,1-2H3. The van der Waals surface area contributed by atoms with Gasteiger partial charge in [-0.25, -0.2) is 0 Å². The molecular formula is C15H15BrN2O2. The molecule has 0 spiro atoms. The van der Waals surface area contributed by atoms with Crippen molar-refractivity contribution in [2.24, 2.45) is 0 Å². The van der Waals surface area contributed by atoms with Gasteiger partial charge < -0.3 is 5.32 Å². The van der Waals surface area contributed by atoms with E-state index in [-0.39, 0.29) is 5.69 Å². The molecule has 0 atom stereocenters. The van der Waals surface area contributed by atoms with Crippen LogP contribution in [-0.4, -0.2) is 4.92 Å². The minimum Gasteiger partial charge on any atom is -0.380 e. The van der Waals surface area contributed by atoms with E-state index in [0.29, 0.717) is 6.54 Å². The molecule has 0 heterocycles. The Balaban J connectivity index is 2.17. The summed E-state index contributed by atoms with van der Waals surface area (Å²) < 4.78 is 0.741. The third-order valence-electron chi connectivity index (χ3n) is 3.18. The quantitative estimate of drug-likeness (QED) is 0.657. The van der Waals surface area contributed by atoms with E-state index in [1.54, 1.807) is 6.07 Å². The van der Waals surface area contributed by atoms with E-state index in [2.05, 4.69) is 47.2 Å². The van der Waals surface area contributed by atoms with Crippen molar-refractivity contribution in [2.75, 3.05) is 5.32 Å². The number of nitrogens with zero attached hydrogens (tertiary/aromatic N) is 1. The highest BCUT2D eigenvalue weighted by atomic mass is 79.9. The summed E-state index contributed by atoms with van der Waals surface area (Å²) in [5.41, 5.74) is 4.55. The third-order valence-corrected chi connectivity index (χ3v) is 3.92. The number of nitrogens with one attached hydrogen (secondary N) is 1. The number of benzene rings is 2. The Bertz CT molecular complexity index is 636. The fourth-order valence-electron chi connectivity index (χ4n) is 2.07. The van der Waals surface area contributed by atoms with Gasteiger partial charge in [0.15, 0.2) is 0 Å². The van der Waals surface area contributed by atoms with Crippen LogP contribution in [0.25, 0.3) is 0 Å². The molecule has 0 saturated heterocycles. The van der Waals surface area contributed by atoms with Crippen LogP contribution in [0, 0.1) is 24.0 Å². The number of aryl methyl sites for hydroxylation is 2. The maximum atomic E-state index is 10.7. The van der Waals surface area contributed by atoms with Gasteiger partial charge in [-0.1, -0.05) is 34.1 Å². The average Bonchev–Trinajstić information content (AvgIpc) is 2.39. The van der Waals surface area contributed by atoms with Crippen LogP contribution in [0.3, 0.4) is 0 Å². The Labute approximate surface area is 126 Å². The summed E-state index contributed by atoms with van der Waals surface area (Å²) in [6.45, 7) is 4.73. The molecule has 0 saturated carbocycles. The van der Waals surface area contributed by atoms with Crippen LogP contribution in [0.4, 0.5) is 11.4 Å². The molecule has 4 nitrogen and oxygen atoms in total. The summed E-state index contributed by atoms with van der Waals surface area (Å²) in [6, 6.07) is 11.0. The van der Waals surface area contributed by atoms with E-state index >= 15 is 0 Å². The Hall–Kier alpha value is -1.88. The summed E-state index contributed by atoms with van der Waals surface area (Å²) in [6.07, 6.45) is 0. The van der Waals surface area contributed by atoms with E-state index in [1.807, 2.05) is 6.07 Å². The first kappa shape index (κ1) is 14.5. The van der Waals surface area contributed by atoms with Crippen LogP contribution in [-0.2, 0) is 6.54 Å². The lowest BCUT2D eigenvalue weighted by Gasteiger charge is -2.13. The summed E-state index contributed by atoms with van der Waals surface area (Å²) in [5, 5.41) is 14.1. The predicted octanol–water partition coefficient (Wildman–Crippen LogP) is 4.59. The molecule has 0 bridgehead atoms. The predicted molar refractivity (Wildman–Crippen MR) is 84.0 cm³/mol. The van der Waals surface area contributed by atoms with Crippen molar-refractivity contribution >= 4 is 27.3 Å². The molecule has 2 aromatic rings. The molecule has 104 valence electrons. The topological polar surface area (TPSA) is 55.2 Å². The fourth-order valence-corrected chi connectivity index (χ4v) is 2.58.